The van der Waals surface area contributed by atoms with Crippen LogP contribution in [0.3, 0.4) is 0 Å². The maximum absolute atomic E-state index is 12.1. The Morgan fingerprint density at radius 2 is 1.76 bits per heavy atom. The van der Waals surface area contributed by atoms with Gasteiger partial charge in [-0.1, -0.05) is 50.1 Å². The standard InChI is InChI=1S/C28H39N3O2/c1-4-23(5-2)28(32)29-19-10-6-7-14-27-30-25-12-8-9-13-26(25)31(27)20-11-21-33-24-17-15-22(3)16-18-24/h8-9,12-13,15-18,23H,4-7,10-11,14,19-21H2,1-3H3,(H,29,32). The van der Waals surface area contributed by atoms with Crippen molar-refractivity contribution in [2.24, 2.45) is 5.92 Å². The van der Waals surface area contributed by atoms with Crippen LogP contribution in [-0.4, -0.2) is 28.6 Å². The van der Waals surface area contributed by atoms with E-state index in [-0.39, 0.29) is 11.8 Å². The second-order valence-corrected chi connectivity index (χ2v) is 8.80. The van der Waals surface area contributed by atoms with Gasteiger partial charge >= 0.3 is 0 Å². The number of carbonyl (C=O) groups is 1. The Labute approximate surface area is 198 Å². The minimum absolute atomic E-state index is 0.153. The normalized spacial score (nSPS) is 11.3. The Morgan fingerprint density at radius 3 is 2.52 bits per heavy atom. The molecule has 0 saturated heterocycles. The van der Waals surface area contributed by atoms with E-state index in [1.807, 2.05) is 18.2 Å². The molecule has 0 unspecified atom stereocenters. The van der Waals surface area contributed by atoms with Crippen molar-refractivity contribution in [1.29, 1.82) is 0 Å². The van der Waals surface area contributed by atoms with Crippen LogP contribution in [0.2, 0.25) is 0 Å². The molecule has 5 heteroatoms. The number of aryl methyl sites for hydroxylation is 3. The number of para-hydroxylation sites is 2. The minimum atomic E-state index is 0.153. The van der Waals surface area contributed by atoms with Gasteiger partial charge in [0.05, 0.1) is 17.6 Å². The number of rotatable bonds is 14. The Morgan fingerprint density at radius 1 is 1.00 bits per heavy atom. The van der Waals surface area contributed by atoms with Crippen LogP contribution in [0.5, 0.6) is 5.75 Å². The van der Waals surface area contributed by atoms with Crippen LogP contribution < -0.4 is 10.1 Å². The molecule has 2 aromatic carbocycles. The molecule has 0 fully saturated rings. The molecule has 0 bridgehead atoms. The molecule has 0 radical (unpaired) electrons. The van der Waals surface area contributed by atoms with Crippen molar-refractivity contribution in [3.05, 3.63) is 59.9 Å². The lowest BCUT2D eigenvalue weighted by atomic mass is 10.0. The summed E-state index contributed by atoms with van der Waals surface area (Å²) in [7, 11) is 0. The smallest absolute Gasteiger partial charge is 0.223 e. The lowest BCUT2D eigenvalue weighted by molar-refractivity contribution is -0.125. The number of imidazole rings is 1. The fourth-order valence-corrected chi connectivity index (χ4v) is 4.21. The van der Waals surface area contributed by atoms with Gasteiger partial charge in [-0.2, -0.15) is 0 Å². The van der Waals surface area contributed by atoms with Crippen molar-refractivity contribution >= 4 is 16.9 Å². The molecular weight excluding hydrogens is 410 g/mol. The third-order valence-electron chi connectivity index (χ3n) is 6.28. The summed E-state index contributed by atoms with van der Waals surface area (Å²) in [5.41, 5.74) is 3.50. The van der Waals surface area contributed by atoms with Crippen LogP contribution in [0.15, 0.2) is 48.5 Å². The van der Waals surface area contributed by atoms with Crippen molar-refractivity contribution in [3.8, 4) is 5.75 Å². The topological polar surface area (TPSA) is 56.2 Å². The lowest BCUT2D eigenvalue weighted by Crippen LogP contribution is -2.30. The zero-order chi connectivity index (χ0) is 23.5. The van der Waals surface area contributed by atoms with E-state index in [2.05, 4.69) is 61.0 Å². The number of aromatic nitrogens is 2. The number of carbonyl (C=O) groups excluding carboxylic acids is 1. The van der Waals surface area contributed by atoms with Gasteiger partial charge in [0, 0.05) is 25.4 Å². The molecule has 0 aliphatic carbocycles. The van der Waals surface area contributed by atoms with Gasteiger partial charge < -0.3 is 14.6 Å². The molecule has 1 N–H and O–H groups in total. The third-order valence-corrected chi connectivity index (χ3v) is 6.28. The number of amides is 1. The zero-order valence-corrected chi connectivity index (χ0v) is 20.5. The van der Waals surface area contributed by atoms with Gasteiger partial charge in [0.2, 0.25) is 5.91 Å². The van der Waals surface area contributed by atoms with Gasteiger partial charge in [-0.3, -0.25) is 4.79 Å². The Kier molecular flexibility index (Phi) is 9.79. The molecule has 1 heterocycles. The second kappa shape index (κ2) is 13.0. The molecule has 1 amide bonds. The van der Waals surface area contributed by atoms with E-state index in [0.29, 0.717) is 6.61 Å². The number of benzene rings is 2. The number of hydrogen-bond acceptors (Lipinski definition) is 3. The summed E-state index contributed by atoms with van der Waals surface area (Å²) in [6, 6.07) is 16.6. The number of ether oxygens (including phenoxy) is 1. The van der Waals surface area contributed by atoms with Crippen molar-refractivity contribution < 1.29 is 9.53 Å². The fraction of sp³-hybridized carbons (Fsp3) is 0.500. The molecule has 3 aromatic rings. The van der Waals surface area contributed by atoms with Crippen LogP contribution in [0.4, 0.5) is 0 Å². The van der Waals surface area contributed by atoms with Crippen LogP contribution >= 0.6 is 0 Å². The highest BCUT2D eigenvalue weighted by Gasteiger charge is 2.13. The highest BCUT2D eigenvalue weighted by molar-refractivity contribution is 5.78. The molecule has 0 aliphatic rings. The van der Waals surface area contributed by atoms with Gasteiger partial charge in [-0.05, 0) is 63.3 Å². The van der Waals surface area contributed by atoms with Crippen molar-refractivity contribution in [3.63, 3.8) is 0 Å². The van der Waals surface area contributed by atoms with Crippen molar-refractivity contribution in [2.75, 3.05) is 13.2 Å². The summed E-state index contributed by atoms with van der Waals surface area (Å²) in [5.74, 6) is 2.43. The summed E-state index contributed by atoms with van der Waals surface area (Å²) in [6.07, 6.45) is 6.88. The summed E-state index contributed by atoms with van der Waals surface area (Å²) >= 11 is 0. The summed E-state index contributed by atoms with van der Waals surface area (Å²) in [6.45, 7) is 8.59. The average Bonchev–Trinajstić information content (AvgIpc) is 3.18. The van der Waals surface area contributed by atoms with Gasteiger partial charge in [0.15, 0.2) is 0 Å². The van der Waals surface area contributed by atoms with Gasteiger partial charge in [0.25, 0.3) is 0 Å². The largest absolute Gasteiger partial charge is 0.494 e. The second-order valence-electron chi connectivity index (χ2n) is 8.80. The monoisotopic (exact) mass is 449 g/mol. The van der Waals surface area contributed by atoms with Crippen LogP contribution in [0, 0.1) is 12.8 Å². The molecule has 0 saturated carbocycles. The van der Waals surface area contributed by atoms with Crippen molar-refractivity contribution in [2.45, 2.75) is 72.3 Å². The van der Waals surface area contributed by atoms with Crippen molar-refractivity contribution in [1.82, 2.24) is 14.9 Å². The Balaban J connectivity index is 1.47. The Hall–Kier alpha value is -2.82. The van der Waals surface area contributed by atoms with Crippen LogP contribution in [0.25, 0.3) is 11.0 Å². The van der Waals surface area contributed by atoms with Crippen LogP contribution in [0.1, 0.15) is 63.8 Å². The summed E-state index contributed by atoms with van der Waals surface area (Å²) < 4.78 is 8.27. The molecule has 5 nitrogen and oxygen atoms in total. The first kappa shape index (κ1) is 24.8. The first-order chi connectivity index (χ1) is 16.1. The van der Waals surface area contributed by atoms with E-state index in [4.69, 9.17) is 9.72 Å². The van der Waals surface area contributed by atoms with Gasteiger partial charge in [-0.15, -0.1) is 0 Å². The Bertz CT molecular complexity index is 990. The molecule has 178 valence electrons. The first-order valence-corrected chi connectivity index (χ1v) is 12.5. The molecular formula is C28H39N3O2. The summed E-state index contributed by atoms with van der Waals surface area (Å²) in [5, 5.41) is 3.09. The predicted molar refractivity (Wildman–Crippen MR) is 136 cm³/mol. The zero-order valence-electron chi connectivity index (χ0n) is 20.5. The maximum Gasteiger partial charge on any atom is 0.223 e. The molecule has 33 heavy (non-hydrogen) atoms. The van der Waals surface area contributed by atoms with Gasteiger partial charge in [-0.25, -0.2) is 4.98 Å². The molecule has 3 rings (SSSR count). The third kappa shape index (κ3) is 7.34. The highest BCUT2D eigenvalue weighted by Crippen LogP contribution is 2.19. The van der Waals surface area contributed by atoms with E-state index >= 15 is 0 Å². The number of unbranched alkanes of at least 4 members (excludes halogenated alkanes) is 2. The lowest BCUT2D eigenvalue weighted by Gasteiger charge is -2.13. The number of hydrogen-bond donors (Lipinski definition) is 1. The minimum Gasteiger partial charge on any atom is -0.494 e. The maximum atomic E-state index is 12.1. The number of nitrogens with zero attached hydrogens (tertiary/aromatic N) is 2. The van der Waals surface area contributed by atoms with E-state index < -0.39 is 0 Å². The quantitative estimate of drug-likeness (QED) is 0.304. The van der Waals surface area contributed by atoms with E-state index in [1.165, 1.54) is 11.1 Å². The highest BCUT2D eigenvalue weighted by atomic mass is 16.5. The first-order valence-electron chi connectivity index (χ1n) is 12.5. The fourth-order valence-electron chi connectivity index (χ4n) is 4.21. The average molecular weight is 450 g/mol. The van der Waals surface area contributed by atoms with Gasteiger partial charge in [0.1, 0.15) is 11.6 Å². The number of nitrogens with one attached hydrogen (secondary N) is 1. The molecule has 0 atom stereocenters. The van der Waals surface area contributed by atoms with Crippen LogP contribution in [-0.2, 0) is 17.8 Å². The van der Waals surface area contributed by atoms with E-state index in [1.54, 1.807) is 0 Å². The SMILES string of the molecule is CCC(CC)C(=O)NCCCCCc1nc2ccccc2n1CCCOc1ccc(C)cc1. The molecule has 0 aliphatic heterocycles. The number of fused-ring (bicyclic) bond motifs is 1. The summed E-state index contributed by atoms with van der Waals surface area (Å²) in [4.78, 5) is 17.0. The molecule has 0 spiro atoms. The molecule has 1 aromatic heterocycles. The van der Waals surface area contributed by atoms with E-state index in [0.717, 1.165) is 75.1 Å². The predicted octanol–water partition coefficient (Wildman–Crippen LogP) is 6.08. The van der Waals surface area contributed by atoms with E-state index in [9.17, 15) is 4.79 Å².